The highest BCUT2D eigenvalue weighted by molar-refractivity contribution is 5.91. The van der Waals surface area contributed by atoms with Crippen molar-refractivity contribution in [1.29, 1.82) is 0 Å². The lowest BCUT2D eigenvalue weighted by molar-refractivity contribution is -0.137. The Morgan fingerprint density at radius 1 is 1.20 bits per heavy atom. The minimum absolute atomic E-state index is 0.00940. The van der Waals surface area contributed by atoms with Crippen LogP contribution in [0.25, 0.3) is 16.8 Å². The van der Waals surface area contributed by atoms with Gasteiger partial charge in [-0.1, -0.05) is 18.2 Å². The first-order valence-corrected chi connectivity index (χ1v) is 11.6. The highest BCUT2D eigenvalue weighted by Gasteiger charge is 2.35. The summed E-state index contributed by atoms with van der Waals surface area (Å²) in [5.74, 6) is 1.51. The number of H-pyrrole nitrogens is 1. The van der Waals surface area contributed by atoms with E-state index in [2.05, 4.69) is 20.4 Å². The number of anilines is 3. The number of hydrogen-bond donors (Lipinski definition) is 3. The maximum atomic E-state index is 14.1. The van der Waals surface area contributed by atoms with Crippen LogP contribution in [-0.2, 0) is 10.9 Å². The summed E-state index contributed by atoms with van der Waals surface area (Å²) in [4.78, 5) is 6.93. The number of aromatic nitrogens is 3. The third-order valence-electron chi connectivity index (χ3n) is 6.55. The number of nitrogens with one attached hydrogen (secondary N) is 2. The zero-order valence-corrected chi connectivity index (χ0v) is 19.3. The van der Waals surface area contributed by atoms with Gasteiger partial charge in [-0.15, -0.1) is 0 Å². The van der Waals surface area contributed by atoms with E-state index < -0.39 is 11.7 Å². The van der Waals surface area contributed by atoms with Crippen LogP contribution in [0.2, 0.25) is 0 Å². The summed E-state index contributed by atoms with van der Waals surface area (Å²) in [5.41, 5.74) is 8.35. The first kappa shape index (κ1) is 23.2. The SMILES string of the molecule is C[C@@H]1COCCN1c1cc(-c2ccccc2C(F)(F)F)c(C(N)=C2CCC2)c(Nc2ccn[nH]2)n1. The summed E-state index contributed by atoms with van der Waals surface area (Å²) in [5, 5.41) is 10.0. The molecule has 1 aliphatic carbocycles. The molecular formula is C25H27F3N6O. The standard InChI is InChI=1S/C25H27F3N6O/c1-15-14-35-12-11-34(15)21-13-18(17-7-2-3-8-19(17)25(26,27)28)22(23(29)16-5-4-6-16)24(32-21)31-20-9-10-30-33-20/h2-3,7-10,13,15H,4-6,11-12,14,29H2,1H3,(H2,30,31,32,33)/t15-/m1/s1. The van der Waals surface area contributed by atoms with Gasteiger partial charge in [0.15, 0.2) is 0 Å². The molecule has 184 valence electrons. The maximum absolute atomic E-state index is 14.1. The van der Waals surface area contributed by atoms with Gasteiger partial charge in [-0.3, -0.25) is 5.10 Å². The number of aromatic amines is 1. The third kappa shape index (κ3) is 4.58. The van der Waals surface area contributed by atoms with Crippen molar-refractivity contribution in [2.45, 2.75) is 38.4 Å². The number of morpholine rings is 1. The van der Waals surface area contributed by atoms with E-state index in [0.29, 0.717) is 54.0 Å². The van der Waals surface area contributed by atoms with Crippen LogP contribution < -0.4 is 16.0 Å². The zero-order chi connectivity index (χ0) is 24.6. The Labute approximate surface area is 201 Å². The molecule has 7 nitrogen and oxygen atoms in total. The molecule has 0 unspecified atom stereocenters. The summed E-state index contributed by atoms with van der Waals surface area (Å²) in [6, 6.07) is 9.07. The van der Waals surface area contributed by atoms with Crippen LogP contribution in [0.4, 0.5) is 30.6 Å². The molecule has 5 rings (SSSR count). The second-order valence-corrected chi connectivity index (χ2v) is 8.88. The first-order chi connectivity index (χ1) is 16.8. The second-order valence-electron chi connectivity index (χ2n) is 8.88. The van der Waals surface area contributed by atoms with Gasteiger partial charge in [0.1, 0.15) is 17.5 Å². The molecule has 3 aromatic rings. The van der Waals surface area contributed by atoms with E-state index in [1.54, 1.807) is 24.4 Å². The van der Waals surface area contributed by atoms with Gasteiger partial charge in [-0.2, -0.15) is 18.3 Å². The number of nitrogens with zero attached hydrogens (tertiary/aromatic N) is 3. The van der Waals surface area contributed by atoms with E-state index >= 15 is 0 Å². The Bertz CT molecular complexity index is 1230. The fraction of sp³-hybridized carbons (Fsp3) is 0.360. The van der Waals surface area contributed by atoms with Crippen LogP contribution >= 0.6 is 0 Å². The van der Waals surface area contributed by atoms with E-state index in [4.69, 9.17) is 15.5 Å². The van der Waals surface area contributed by atoms with Crippen molar-refractivity contribution in [3.63, 3.8) is 0 Å². The number of rotatable bonds is 5. The number of pyridine rings is 1. The number of alkyl halides is 3. The van der Waals surface area contributed by atoms with Crippen LogP contribution in [0.1, 0.15) is 37.3 Å². The lowest BCUT2D eigenvalue weighted by Crippen LogP contribution is -2.44. The Hall–Kier alpha value is -3.53. The topological polar surface area (TPSA) is 92.1 Å². The van der Waals surface area contributed by atoms with Gasteiger partial charge in [0.05, 0.1) is 31.0 Å². The molecule has 1 saturated heterocycles. The highest BCUT2D eigenvalue weighted by atomic mass is 19.4. The zero-order valence-electron chi connectivity index (χ0n) is 19.3. The van der Waals surface area contributed by atoms with Crippen molar-refractivity contribution in [2.75, 3.05) is 30.0 Å². The molecule has 0 bridgehead atoms. The predicted molar refractivity (Wildman–Crippen MR) is 129 cm³/mol. The molecule has 4 N–H and O–H groups in total. The summed E-state index contributed by atoms with van der Waals surface area (Å²) in [6.07, 6.45) is -0.303. The summed E-state index contributed by atoms with van der Waals surface area (Å²) in [6.45, 7) is 3.60. The Balaban J connectivity index is 1.79. The molecule has 2 fully saturated rings. The summed E-state index contributed by atoms with van der Waals surface area (Å²) < 4.78 is 47.9. The summed E-state index contributed by atoms with van der Waals surface area (Å²) >= 11 is 0. The maximum Gasteiger partial charge on any atom is 0.417 e. The lowest BCUT2D eigenvalue weighted by Gasteiger charge is -2.35. The average molecular weight is 485 g/mol. The number of ether oxygens (including phenoxy) is 1. The van der Waals surface area contributed by atoms with Gasteiger partial charge < -0.3 is 20.7 Å². The fourth-order valence-corrected chi connectivity index (χ4v) is 4.54. The molecule has 2 aliphatic rings. The molecule has 1 atom stereocenters. The monoisotopic (exact) mass is 484 g/mol. The van der Waals surface area contributed by atoms with Gasteiger partial charge in [-0.25, -0.2) is 4.98 Å². The normalized spacial score (nSPS) is 18.3. The predicted octanol–water partition coefficient (Wildman–Crippen LogP) is 5.31. The Morgan fingerprint density at radius 3 is 2.66 bits per heavy atom. The summed E-state index contributed by atoms with van der Waals surface area (Å²) in [7, 11) is 0. The molecule has 1 saturated carbocycles. The molecule has 0 amide bonds. The van der Waals surface area contributed by atoms with Crippen molar-refractivity contribution in [1.82, 2.24) is 15.2 Å². The van der Waals surface area contributed by atoms with E-state index in [-0.39, 0.29) is 11.6 Å². The quantitative estimate of drug-likeness (QED) is 0.454. The number of benzene rings is 1. The van der Waals surface area contributed by atoms with Gasteiger partial charge in [0.2, 0.25) is 0 Å². The molecule has 1 aromatic carbocycles. The minimum atomic E-state index is -4.53. The lowest BCUT2D eigenvalue weighted by atomic mass is 9.86. The Kier molecular flexibility index (Phi) is 6.14. The molecule has 0 radical (unpaired) electrons. The van der Waals surface area contributed by atoms with Crippen LogP contribution in [0.15, 0.2) is 48.2 Å². The van der Waals surface area contributed by atoms with Crippen molar-refractivity contribution < 1.29 is 17.9 Å². The number of allylic oxidation sites excluding steroid dienone is 1. The van der Waals surface area contributed by atoms with E-state index in [9.17, 15) is 13.2 Å². The fourth-order valence-electron chi connectivity index (χ4n) is 4.54. The Morgan fingerprint density at radius 2 is 2.00 bits per heavy atom. The van der Waals surface area contributed by atoms with Crippen LogP contribution in [0, 0.1) is 0 Å². The molecule has 0 spiro atoms. The van der Waals surface area contributed by atoms with Crippen molar-refractivity contribution in [3.05, 3.63) is 59.3 Å². The largest absolute Gasteiger partial charge is 0.417 e. The van der Waals surface area contributed by atoms with Crippen molar-refractivity contribution >= 4 is 23.2 Å². The first-order valence-electron chi connectivity index (χ1n) is 11.6. The molecular weight excluding hydrogens is 457 g/mol. The van der Waals surface area contributed by atoms with Crippen molar-refractivity contribution in [3.8, 4) is 11.1 Å². The van der Waals surface area contributed by atoms with Crippen LogP contribution in [-0.4, -0.2) is 41.0 Å². The smallest absolute Gasteiger partial charge is 0.398 e. The molecule has 35 heavy (non-hydrogen) atoms. The van der Waals surface area contributed by atoms with Gasteiger partial charge in [0, 0.05) is 23.9 Å². The number of nitrogens with two attached hydrogens (primary N) is 1. The number of halogens is 3. The molecule has 10 heteroatoms. The molecule has 1 aliphatic heterocycles. The van der Waals surface area contributed by atoms with Gasteiger partial charge in [0.25, 0.3) is 0 Å². The minimum Gasteiger partial charge on any atom is -0.398 e. The van der Waals surface area contributed by atoms with E-state index in [0.717, 1.165) is 30.9 Å². The van der Waals surface area contributed by atoms with E-state index in [1.807, 2.05) is 6.92 Å². The highest BCUT2D eigenvalue weighted by Crippen LogP contribution is 2.44. The van der Waals surface area contributed by atoms with Crippen LogP contribution in [0.5, 0.6) is 0 Å². The van der Waals surface area contributed by atoms with Gasteiger partial charge in [-0.05, 0) is 55.0 Å². The third-order valence-corrected chi connectivity index (χ3v) is 6.55. The van der Waals surface area contributed by atoms with E-state index in [1.165, 1.54) is 12.1 Å². The molecule has 2 aromatic heterocycles. The van der Waals surface area contributed by atoms with Crippen LogP contribution in [0.3, 0.4) is 0 Å². The molecule has 3 heterocycles. The average Bonchev–Trinajstić information content (AvgIpc) is 3.30. The number of hydrogen-bond acceptors (Lipinski definition) is 6. The van der Waals surface area contributed by atoms with Crippen molar-refractivity contribution in [2.24, 2.45) is 5.73 Å². The van der Waals surface area contributed by atoms with Gasteiger partial charge >= 0.3 is 6.18 Å². The second kappa shape index (κ2) is 9.26.